The Labute approximate surface area is 127 Å². The van der Waals surface area contributed by atoms with Crippen LogP contribution in [0, 0.1) is 0 Å². The molecule has 120 valence electrons. The molecule has 3 heterocycles. The maximum absolute atomic E-state index is 10.3. The number of aliphatic hydroxyl groups excluding tert-OH is 2. The molecule has 0 bridgehead atoms. The number of nitrogen functional groups attached to an aromatic ring is 1. The number of hydrogen-bond donors (Lipinski definition) is 4. The van der Waals surface area contributed by atoms with Gasteiger partial charge in [-0.05, 0) is 0 Å². The summed E-state index contributed by atoms with van der Waals surface area (Å²) in [6.45, 7) is 4.44. The van der Waals surface area contributed by atoms with Crippen LogP contribution >= 0.6 is 0 Å². The number of nitrogens with one attached hydrogen (secondary N) is 1. The predicted octanol–water partition coefficient (Wildman–Crippen LogP) is -0.974. The van der Waals surface area contributed by atoms with E-state index in [9.17, 15) is 10.2 Å². The number of aliphatic hydroxyl groups is 2. The molecule has 22 heavy (non-hydrogen) atoms. The van der Waals surface area contributed by atoms with Crippen molar-refractivity contribution >= 4 is 17.0 Å². The Bertz CT molecular complexity index is 660. The minimum atomic E-state index is -1.08. The topological polar surface area (TPSA) is 131 Å². The van der Waals surface area contributed by atoms with E-state index in [0.29, 0.717) is 17.7 Å². The van der Waals surface area contributed by atoms with Crippen molar-refractivity contribution in [2.45, 2.75) is 44.4 Å². The van der Waals surface area contributed by atoms with Gasteiger partial charge in [-0.1, -0.05) is 13.8 Å². The quantitative estimate of drug-likeness (QED) is 0.567. The molecule has 0 spiro atoms. The Morgan fingerprint density at radius 3 is 2.82 bits per heavy atom. The van der Waals surface area contributed by atoms with Crippen molar-refractivity contribution in [3.05, 3.63) is 12.7 Å². The van der Waals surface area contributed by atoms with Crippen LogP contribution in [0.1, 0.15) is 20.1 Å². The lowest BCUT2D eigenvalue weighted by atomic mass is 10.1. The summed E-state index contributed by atoms with van der Waals surface area (Å²) < 4.78 is 7.35. The molecule has 9 nitrogen and oxygen atoms in total. The van der Waals surface area contributed by atoms with E-state index in [1.165, 1.54) is 12.7 Å². The average Bonchev–Trinajstić information content (AvgIpc) is 3.01. The first-order chi connectivity index (χ1) is 10.5. The number of anilines is 1. The molecule has 1 aliphatic rings. The average molecular weight is 308 g/mol. The molecule has 3 rings (SSSR count). The molecule has 0 radical (unpaired) electrons. The molecule has 0 aromatic carbocycles. The Hall–Kier alpha value is -1.81. The first-order valence-electron chi connectivity index (χ1n) is 7.17. The fourth-order valence-electron chi connectivity index (χ4n) is 2.54. The van der Waals surface area contributed by atoms with Crippen molar-refractivity contribution in [3.8, 4) is 0 Å². The second-order valence-electron chi connectivity index (χ2n) is 5.69. The lowest BCUT2D eigenvalue weighted by molar-refractivity contribution is -0.0345. The zero-order valence-corrected chi connectivity index (χ0v) is 12.4. The summed E-state index contributed by atoms with van der Waals surface area (Å²) in [6, 6.07) is 0.258. The van der Waals surface area contributed by atoms with Gasteiger partial charge in [0, 0.05) is 12.6 Å². The SMILES string of the molecule is CC(C)NCC1OC(n2cnc3c(N)ncnc32)C(O)C1O. The lowest BCUT2D eigenvalue weighted by Gasteiger charge is -2.17. The number of imidazole rings is 1. The van der Waals surface area contributed by atoms with Crippen molar-refractivity contribution in [2.75, 3.05) is 12.3 Å². The summed E-state index contributed by atoms with van der Waals surface area (Å²) in [7, 11) is 0. The van der Waals surface area contributed by atoms with Crippen LogP contribution in [0.25, 0.3) is 11.2 Å². The highest BCUT2D eigenvalue weighted by atomic mass is 16.6. The maximum atomic E-state index is 10.3. The van der Waals surface area contributed by atoms with Crippen molar-refractivity contribution in [2.24, 2.45) is 0 Å². The molecule has 4 atom stereocenters. The summed E-state index contributed by atoms with van der Waals surface area (Å²) in [6.07, 6.45) is -0.548. The summed E-state index contributed by atoms with van der Waals surface area (Å²) in [5.74, 6) is 0.259. The lowest BCUT2D eigenvalue weighted by Crippen LogP contribution is -2.39. The second-order valence-corrected chi connectivity index (χ2v) is 5.69. The fraction of sp³-hybridized carbons (Fsp3) is 0.615. The molecule has 2 aromatic rings. The van der Waals surface area contributed by atoms with Crippen LogP contribution in [-0.4, -0.2) is 60.6 Å². The van der Waals surface area contributed by atoms with Crippen LogP contribution in [0.3, 0.4) is 0 Å². The van der Waals surface area contributed by atoms with Crippen molar-refractivity contribution in [1.82, 2.24) is 24.8 Å². The van der Waals surface area contributed by atoms with Gasteiger partial charge in [-0.15, -0.1) is 0 Å². The number of hydrogen-bond acceptors (Lipinski definition) is 8. The molecule has 4 unspecified atom stereocenters. The van der Waals surface area contributed by atoms with Gasteiger partial charge < -0.3 is 26.0 Å². The van der Waals surface area contributed by atoms with E-state index >= 15 is 0 Å². The van der Waals surface area contributed by atoms with Crippen LogP contribution in [0.15, 0.2) is 12.7 Å². The second kappa shape index (κ2) is 5.76. The van der Waals surface area contributed by atoms with Crippen LogP contribution in [0.4, 0.5) is 5.82 Å². The molecule has 0 aliphatic carbocycles. The number of rotatable bonds is 4. The van der Waals surface area contributed by atoms with E-state index in [1.54, 1.807) is 4.57 Å². The minimum absolute atomic E-state index is 0.258. The number of aromatic nitrogens is 4. The molecule has 5 N–H and O–H groups in total. The zero-order valence-electron chi connectivity index (χ0n) is 12.4. The third kappa shape index (κ3) is 2.52. The summed E-state index contributed by atoms with van der Waals surface area (Å²) in [5.41, 5.74) is 6.65. The van der Waals surface area contributed by atoms with Gasteiger partial charge in [-0.2, -0.15) is 0 Å². The third-order valence-corrected chi connectivity index (χ3v) is 3.73. The van der Waals surface area contributed by atoms with E-state index in [4.69, 9.17) is 10.5 Å². The highest BCUT2D eigenvalue weighted by molar-refractivity contribution is 5.81. The Kier molecular flexibility index (Phi) is 3.96. The minimum Gasteiger partial charge on any atom is -0.387 e. The van der Waals surface area contributed by atoms with E-state index in [0.717, 1.165) is 0 Å². The molecule has 1 aliphatic heterocycles. The first-order valence-corrected chi connectivity index (χ1v) is 7.17. The van der Waals surface area contributed by atoms with Gasteiger partial charge in [0.1, 0.15) is 30.2 Å². The molecule has 2 aromatic heterocycles. The summed E-state index contributed by atoms with van der Waals surface area (Å²) in [4.78, 5) is 12.1. The zero-order chi connectivity index (χ0) is 15.9. The molecule has 9 heteroatoms. The van der Waals surface area contributed by atoms with E-state index in [-0.39, 0.29) is 11.9 Å². The Morgan fingerprint density at radius 2 is 2.09 bits per heavy atom. The monoisotopic (exact) mass is 308 g/mol. The number of fused-ring (bicyclic) bond motifs is 1. The molecule has 0 amide bonds. The van der Waals surface area contributed by atoms with Gasteiger partial charge in [0.15, 0.2) is 17.7 Å². The Balaban J connectivity index is 1.86. The standard InChI is InChI=1S/C13H20N6O3/c1-6(2)15-3-7-9(20)10(21)13(22-7)19-5-18-8-11(14)16-4-17-12(8)19/h4-7,9-10,13,15,20-21H,3H2,1-2H3,(H2,14,16,17). The van der Waals surface area contributed by atoms with Crippen LogP contribution in [0.2, 0.25) is 0 Å². The normalized spacial score (nSPS) is 28.8. The molecule has 1 fully saturated rings. The molecular formula is C13H20N6O3. The highest BCUT2D eigenvalue weighted by Crippen LogP contribution is 2.31. The molecule has 1 saturated heterocycles. The van der Waals surface area contributed by atoms with Gasteiger partial charge in [0.2, 0.25) is 0 Å². The van der Waals surface area contributed by atoms with Crippen molar-refractivity contribution in [1.29, 1.82) is 0 Å². The van der Waals surface area contributed by atoms with Gasteiger partial charge in [0.05, 0.1) is 6.33 Å². The summed E-state index contributed by atoms with van der Waals surface area (Å²) >= 11 is 0. The number of ether oxygens (including phenoxy) is 1. The first kappa shape index (κ1) is 15.1. The highest BCUT2D eigenvalue weighted by Gasteiger charge is 2.44. The fourth-order valence-corrected chi connectivity index (χ4v) is 2.54. The Morgan fingerprint density at radius 1 is 1.32 bits per heavy atom. The summed E-state index contributed by atoms with van der Waals surface area (Å²) in [5, 5.41) is 23.6. The van der Waals surface area contributed by atoms with Gasteiger partial charge in [-0.25, -0.2) is 15.0 Å². The third-order valence-electron chi connectivity index (χ3n) is 3.73. The molecular weight excluding hydrogens is 288 g/mol. The van der Waals surface area contributed by atoms with Crippen molar-refractivity contribution < 1.29 is 14.9 Å². The number of nitrogens with two attached hydrogens (primary N) is 1. The predicted molar refractivity (Wildman–Crippen MR) is 78.8 cm³/mol. The largest absolute Gasteiger partial charge is 0.387 e. The van der Waals surface area contributed by atoms with Crippen LogP contribution < -0.4 is 11.1 Å². The molecule has 0 saturated carbocycles. The smallest absolute Gasteiger partial charge is 0.167 e. The van der Waals surface area contributed by atoms with Gasteiger partial charge in [-0.3, -0.25) is 4.57 Å². The van der Waals surface area contributed by atoms with Crippen molar-refractivity contribution in [3.63, 3.8) is 0 Å². The van der Waals surface area contributed by atoms with E-state index < -0.39 is 24.5 Å². The van der Waals surface area contributed by atoms with Gasteiger partial charge >= 0.3 is 0 Å². The van der Waals surface area contributed by atoms with Crippen LogP contribution in [-0.2, 0) is 4.74 Å². The van der Waals surface area contributed by atoms with Gasteiger partial charge in [0.25, 0.3) is 0 Å². The van der Waals surface area contributed by atoms with E-state index in [2.05, 4.69) is 20.3 Å². The number of nitrogens with zero attached hydrogens (tertiary/aromatic N) is 4. The van der Waals surface area contributed by atoms with Crippen LogP contribution in [0.5, 0.6) is 0 Å². The maximum Gasteiger partial charge on any atom is 0.167 e. The van der Waals surface area contributed by atoms with E-state index in [1.807, 2.05) is 13.8 Å².